The summed E-state index contributed by atoms with van der Waals surface area (Å²) in [5.41, 5.74) is 1.57. The molecule has 3 aliphatic rings. The highest BCUT2D eigenvalue weighted by Crippen LogP contribution is 2.55. The molecular weight excluding hydrogens is 433 g/mol. The molecule has 0 aliphatic carbocycles. The van der Waals surface area contributed by atoms with E-state index in [1.165, 1.54) is 6.07 Å². The van der Waals surface area contributed by atoms with Gasteiger partial charge in [0.15, 0.2) is 11.5 Å². The van der Waals surface area contributed by atoms with E-state index in [4.69, 9.17) is 30.8 Å². The third kappa shape index (κ3) is 2.51. The van der Waals surface area contributed by atoms with E-state index < -0.39 is 17.4 Å². The summed E-state index contributed by atoms with van der Waals surface area (Å²) in [5.74, 6) is 0.925. The standard InChI is InChI=1S/C21H13F3N2O4S/c22-21(23,24)18-2-1-11(30-18)8-26-14-3-4-25-7-13(14)20(19(26)31)9-27-15-6-17-16(5-12(15)20)28-10-29-17/h1-7H,8-10H2. The predicted octanol–water partition coefficient (Wildman–Crippen LogP) is 4.45. The van der Waals surface area contributed by atoms with E-state index in [0.717, 1.165) is 22.9 Å². The second kappa shape index (κ2) is 6.13. The lowest BCUT2D eigenvalue weighted by atomic mass is 9.78. The Labute approximate surface area is 179 Å². The maximum Gasteiger partial charge on any atom is 0.449 e. The molecule has 5 heterocycles. The van der Waals surface area contributed by atoms with Crippen LogP contribution in [0.3, 0.4) is 0 Å². The minimum Gasteiger partial charge on any atom is -0.491 e. The lowest BCUT2D eigenvalue weighted by Gasteiger charge is -2.25. The summed E-state index contributed by atoms with van der Waals surface area (Å²) >= 11 is 5.88. The first kappa shape index (κ1) is 18.5. The van der Waals surface area contributed by atoms with Crippen LogP contribution in [-0.4, -0.2) is 23.4 Å². The van der Waals surface area contributed by atoms with E-state index in [1.807, 2.05) is 6.07 Å². The number of alkyl halides is 3. The number of halogens is 3. The van der Waals surface area contributed by atoms with Crippen LogP contribution >= 0.6 is 12.2 Å². The van der Waals surface area contributed by atoms with E-state index in [-0.39, 0.29) is 25.7 Å². The number of nitrogens with zero attached hydrogens (tertiary/aromatic N) is 2. The van der Waals surface area contributed by atoms with E-state index >= 15 is 0 Å². The molecular formula is C21H13F3N2O4S. The zero-order valence-electron chi connectivity index (χ0n) is 15.7. The van der Waals surface area contributed by atoms with Crippen molar-refractivity contribution >= 4 is 22.9 Å². The number of hydrogen-bond donors (Lipinski definition) is 0. The van der Waals surface area contributed by atoms with Gasteiger partial charge >= 0.3 is 6.18 Å². The zero-order valence-corrected chi connectivity index (χ0v) is 16.5. The van der Waals surface area contributed by atoms with Gasteiger partial charge in [-0.2, -0.15) is 13.2 Å². The fourth-order valence-electron chi connectivity index (χ4n) is 4.37. The molecule has 6 nitrogen and oxygen atoms in total. The van der Waals surface area contributed by atoms with Gasteiger partial charge in [-0.3, -0.25) is 4.98 Å². The van der Waals surface area contributed by atoms with E-state index in [9.17, 15) is 13.2 Å². The molecule has 6 rings (SSSR count). The third-order valence-corrected chi connectivity index (χ3v) is 6.36. The van der Waals surface area contributed by atoms with Gasteiger partial charge in [-0.25, -0.2) is 0 Å². The number of anilines is 1. The molecule has 0 bridgehead atoms. The van der Waals surface area contributed by atoms with Gasteiger partial charge in [0.25, 0.3) is 0 Å². The van der Waals surface area contributed by atoms with Crippen molar-refractivity contribution in [1.82, 2.24) is 4.98 Å². The van der Waals surface area contributed by atoms with Gasteiger partial charge in [-0.1, -0.05) is 12.2 Å². The monoisotopic (exact) mass is 446 g/mol. The summed E-state index contributed by atoms with van der Waals surface area (Å²) in [6, 6.07) is 7.65. The smallest absolute Gasteiger partial charge is 0.449 e. The zero-order chi connectivity index (χ0) is 21.4. The Balaban J connectivity index is 1.44. The average molecular weight is 446 g/mol. The SMILES string of the molecule is FC(F)(F)c1ccc(CN2C(=S)C3(COc4cc5c(cc43)OCO5)c3cnccc32)o1. The Morgan fingerprint density at radius 1 is 1.03 bits per heavy atom. The molecule has 0 fully saturated rings. The molecule has 3 aliphatic heterocycles. The number of aromatic nitrogens is 1. The molecule has 2 aromatic heterocycles. The summed E-state index contributed by atoms with van der Waals surface area (Å²) in [5, 5.41) is 0. The number of pyridine rings is 1. The Kier molecular flexibility index (Phi) is 3.66. The number of furan rings is 1. The van der Waals surface area contributed by atoms with Gasteiger partial charge in [0.1, 0.15) is 28.5 Å². The number of rotatable bonds is 2. The Morgan fingerprint density at radius 3 is 2.61 bits per heavy atom. The van der Waals surface area contributed by atoms with Crippen molar-refractivity contribution in [2.75, 3.05) is 18.3 Å². The van der Waals surface area contributed by atoms with Crippen LogP contribution in [0.4, 0.5) is 18.9 Å². The number of hydrogen-bond acceptors (Lipinski definition) is 6. The van der Waals surface area contributed by atoms with Crippen molar-refractivity contribution < 1.29 is 31.8 Å². The molecule has 1 unspecified atom stereocenters. The number of benzene rings is 1. The molecule has 0 N–H and O–H groups in total. The largest absolute Gasteiger partial charge is 0.491 e. The molecule has 0 saturated carbocycles. The lowest BCUT2D eigenvalue weighted by molar-refractivity contribution is -0.153. The van der Waals surface area contributed by atoms with Gasteiger partial charge in [0.2, 0.25) is 12.6 Å². The van der Waals surface area contributed by atoms with E-state index in [2.05, 4.69) is 4.98 Å². The second-order valence-electron chi connectivity index (χ2n) is 7.44. The quantitative estimate of drug-likeness (QED) is 0.539. The normalized spacial score (nSPS) is 20.9. The van der Waals surface area contributed by atoms with Crippen LogP contribution in [0.1, 0.15) is 22.6 Å². The summed E-state index contributed by atoms with van der Waals surface area (Å²) in [6.07, 6.45) is -1.21. The first-order valence-electron chi connectivity index (χ1n) is 9.37. The molecule has 0 amide bonds. The van der Waals surface area contributed by atoms with Crippen molar-refractivity contribution in [1.29, 1.82) is 0 Å². The highest BCUT2D eigenvalue weighted by molar-refractivity contribution is 7.80. The first-order chi connectivity index (χ1) is 14.9. The topological polar surface area (TPSA) is 57.0 Å². The Morgan fingerprint density at radius 2 is 1.84 bits per heavy atom. The Hall–Kier alpha value is -3.27. The number of thiocarbonyl (C=S) groups is 1. The molecule has 31 heavy (non-hydrogen) atoms. The van der Waals surface area contributed by atoms with Crippen LogP contribution in [0.5, 0.6) is 17.2 Å². The highest BCUT2D eigenvalue weighted by Gasteiger charge is 2.55. The third-order valence-electron chi connectivity index (χ3n) is 5.79. The summed E-state index contributed by atoms with van der Waals surface area (Å²) in [6.45, 7) is 0.415. The summed E-state index contributed by atoms with van der Waals surface area (Å²) < 4.78 is 60.9. The summed E-state index contributed by atoms with van der Waals surface area (Å²) in [7, 11) is 0. The maximum absolute atomic E-state index is 13.0. The fourth-order valence-corrected chi connectivity index (χ4v) is 4.82. The highest BCUT2D eigenvalue weighted by atomic mass is 32.1. The van der Waals surface area contributed by atoms with Crippen LogP contribution in [0, 0.1) is 0 Å². The van der Waals surface area contributed by atoms with Gasteiger partial charge in [-0.15, -0.1) is 0 Å². The van der Waals surface area contributed by atoms with Crippen LogP contribution in [0.15, 0.2) is 47.1 Å². The molecule has 1 atom stereocenters. The molecule has 1 spiro atoms. The molecule has 10 heteroatoms. The van der Waals surface area contributed by atoms with Gasteiger partial charge in [0.05, 0.1) is 6.54 Å². The maximum atomic E-state index is 13.0. The molecule has 158 valence electrons. The fraction of sp³-hybridized carbons (Fsp3) is 0.238. The van der Waals surface area contributed by atoms with Gasteiger partial charge < -0.3 is 23.5 Å². The molecule has 3 aromatic rings. The van der Waals surface area contributed by atoms with Crippen LogP contribution in [0.25, 0.3) is 0 Å². The molecule has 1 aromatic carbocycles. The minimum atomic E-state index is -4.55. The Bertz CT molecular complexity index is 1240. The predicted molar refractivity (Wildman–Crippen MR) is 106 cm³/mol. The number of ether oxygens (including phenoxy) is 3. The van der Waals surface area contributed by atoms with E-state index in [0.29, 0.717) is 22.2 Å². The van der Waals surface area contributed by atoms with Crippen molar-refractivity contribution in [2.45, 2.75) is 18.1 Å². The van der Waals surface area contributed by atoms with Crippen molar-refractivity contribution in [3.8, 4) is 17.2 Å². The molecule has 0 radical (unpaired) electrons. The first-order valence-corrected chi connectivity index (χ1v) is 9.78. The van der Waals surface area contributed by atoms with Crippen LogP contribution in [-0.2, 0) is 18.1 Å². The summed E-state index contributed by atoms with van der Waals surface area (Å²) in [4.78, 5) is 6.53. The average Bonchev–Trinajstić information content (AvgIpc) is 3.50. The van der Waals surface area contributed by atoms with Crippen molar-refractivity contribution in [3.63, 3.8) is 0 Å². The second-order valence-corrected chi connectivity index (χ2v) is 7.83. The number of fused-ring (bicyclic) bond motifs is 5. The van der Waals surface area contributed by atoms with Crippen molar-refractivity contribution in [2.24, 2.45) is 0 Å². The minimum absolute atomic E-state index is 0.0492. The lowest BCUT2D eigenvalue weighted by Crippen LogP contribution is -2.40. The van der Waals surface area contributed by atoms with Crippen molar-refractivity contribution in [3.05, 3.63) is 65.4 Å². The van der Waals surface area contributed by atoms with Crippen LogP contribution in [0.2, 0.25) is 0 Å². The van der Waals surface area contributed by atoms with Gasteiger partial charge in [-0.05, 0) is 24.3 Å². The van der Waals surface area contributed by atoms with Gasteiger partial charge in [0, 0.05) is 35.3 Å². The van der Waals surface area contributed by atoms with E-state index in [1.54, 1.807) is 29.4 Å². The van der Waals surface area contributed by atoms with Crippen LogP contribution < -0.4 is 19.1 Å². The molecule has 0 saturated heterocycles.